The van der Waals surface area contributed by atoms with Gasteiger partial charge in [0.1, 0.15) is 5.60 Å². The van der Waals surface area contributed by atoms with Crippen LogP contribution < -0.4 is 5.32 Å². The van der Waals surface area contributed by atoms with Gasteiger partial charge in [-0.15, -0.1) is 0 Å². The zero-order valence-corrected chi connectivity index (χ0v) is 17.0. The molecule has 1 aliphatic rings. The largest absolute Gasteiger partial charge is 0.444 e. The van der Waals surface area contributed by atoms with Gasteiger partial charge >= 0.3 is 12.3 Å². The summed E-state index contributed by atoms with van der Waals surface area (Å²) in [7, 11) is 0. The van der Waals surface area contributed by atoms with Crippen LogP contribution in [-0.2, 0) is 15.7 Å². The summed E-state index contributed by atoms with van der Waals surface area (Å²) in [4.78, 5) is 37.6. The van der Waals surface area contributed by atoms with Gasteiger partial charge in [0.25, 0.3) is 0 Å². The van der Waals surface area contributed by atoms with Crippen LogP contribution in [0.3, 0.4) is 0 Å². The van der Waals surface area contributed by atoms with Gasteiger partial charge in [0.2, 0.25) is 5.91 Å². The van der Waals surface area contributed by atoms with E-state index in [-0.39, 0.29) is 31.5 Å². The fourth-order valence-corrected chi connectivity index (χ4v) is 2.92. The normalized spacial score (nSPS) is 19.5. The topological polar surface area (TPSA) is 95.9 Å². The number of amides is 2. The van der Waals surface area contributed by atoms with Gasteiger partial charge in [0, 0.05) is 24.9 Å². The summed E-state index contributed by atoms with van der Waals surface area (Å²) in [6.07, 6.45) is -6.72. The molecule has 10 heteroatoms. The summed E-state index contributed by atoms with van der Waals surface area (Å²) in [6, 6.07) is 3.28. The molecular formula is C20H25F3N2O5. The molecule has 1 heterocycles. The third kappa shape index (κ3) is 6.72. The highest BCUT2D eigenvalue weighted by atomic mass is 19.4. The van der Waals surface area contributed by atoms with E-state index in [4.69, 9.17) is 4.74 Å². The standard InChI is InChI=1S/C20H25F3N2O5/c1-19(2,3)30-18(29)25-10-14(16(27)11-25)24-17(28)8-7-15(26)12-5-4-6-13(9-12)20(21,22)23/h4-6,9,14,16,27H,7-8,10-11H2,1-3H3,(H,24,28)/t14-,16-/m0/s1. The van der Waals surface area contributed by atoms with Crippen molar-refractivity contribution in [2.45, 2.75) is 57.5 Å². The van der Waals surface area contributed by atoms with Crippen LogP contribution in [-0.4, -0.2) is 58.6 Å². The van der Waals surface area contributed by atoms with Gasteiger partial charge in [-0.2, -0.15) is 13.2 Å². The third-order valence-corrected chi connectivity index (χ3v) is 4.38. The molecule has 1 aromatic rings. The number of likely N-dealkylation sites (tertiary alicyclic amines) is 1. The second-order valence-electron chi connectivity index (χ2n) is 8.13. The van der Waals surface area contributed by atoms with Crippen LogP contribution in [0.5, 0.6) is 0 Å². The lowest BCUT2D eigenvalue weighted by Gasteiger charge is -2.24. The van der Waals surface area contributed by atoms with E-state index in [0.29, 0.717) is 0 Å². The van der Waals surface area contributed by atoms with Gasteiger partial charge in [0.05, 0.1) is 24.3 Å². The molecule has 0 radical (unpaired) electrons. The molecule has 0 bridgehead atoms. The predicted molar refractivity (Wildman–Crippen MR) is 101 cm³/mol. The molecule has 0 aromatic heterocycles. The number of carbonyl (C=O) groups is 3. The summed E-state index contributed by atoms with van der Waals surface area (Å²) >= 11 is 0. The van der Waals surface area contributed by atoms with E-state index in [1.54, 1.807) is 20.8 Å². The van der Waals surface area contributed by atoms with Crippen molar-refractivity contribution < 1.29 is 37.4 Å². The molecule has 0 aliphatic carbocycles. The van der Waals surface area contributed by atoms with Crippen LogP contribution in [0, 0.1) is 0 Å². The summed E-state index contributed by atoms with van der Waals surface area (Å²) in [5, 5.41) is 12.6. The number of benzene rings is 1. The summed E-state index contributed by atoms with van der Waals surface area (Å²) in [5.74, 6) is -1.15. The van der Waals surface area contributed by atoms with E-state index in [2.05, 4.69) is 5.32 Å². The molecular weight excluding hydrogens is 405 g/mol. The Hall–Kier alpha value is -2.62. The molecule has 2 amide bonds. The molecule has 0 unspecified atom stereocenters. The molecule has 1 saturated heterocycles. The number of alkyl halides is 3. The molecule has 1 aromatic carbocycles. The Balaban J connectivity index is 1.86. The maximum Gasteiger partial charge on any atom is 0.416 e. The van der Waals surface area contributed by atoms with E-state index >= 15 is 0 Å². The Morgan fingerprint density at radius 1 is 1.17 bits per heavy atom. The lowest BCUT2D eigenvalue weighted by Crippen LogP contribution is -2.43. The van der Waals surface area contributed by atoms with Crippen molar-refractivity contribution in [3.8, 4) is 0 Å². The minimum atomic E-state index is -4.56. The fraction of sp³-hybridized carbons (Fsp3) is 0.550. The first kappa shape index (κ1) is 23.7. The zero-order valence-electron chi connectivity index (χ0n) is 17.0. The number of Topliss-reactive ketones (excluding diaryl/α,β-unsaturated/α-hetero) is 1. The Labute approximate surface area is 172 Å². The van der Waals surface area contributed by atoms with Gasteiger partial charge in [-0.1, -0.05) is 12.1 Å². The lowest BCUT2D eigenvalue weighted by molar-refractivity contribution is -0.137. The predicted octanol–water partition coefficient (Wildman–Crippen LogP) is 2.76. The minimum Gasteiger partial charge on any atom is -0.444 e. The third-order valence-electron chi connectivity index (χ3n) is 4.38. The number of aliphatic hydroxyl groups is 1. The number of rotatable bonds is 5. The number of β-amino-alcohol motifs (C(OH)–C–C–N with tert-alkyl or cyclic N) is 1. The van der Waals surface area contributed by atoms with Crippen LogP contribution in [0.4, 0.5) is 18.0 Å². The first-order valence-corrected chi connectivity index (χ1v) is 9.42. The number of hydrogen-bond donors (Lipinski definition) is 2. The number of aliphatic hydroxyl groups excluding tert-OH is 1. The van der Waals surface area contributed by atoms with Crippen LogP contribution in [0.15, 0.2) is 24.3 Å². The quantitative estimate of drug-likeness (QED) is 0.701. The minimum absolute atomic E-state index is 0.0109. The smallest absolute Gasteiger partial charge is 0.416 e. The van der Waals surface area contributed by atoms with Crippen molar-refractivity contribution >= 4 is 17.8 Å². The van der Waals surface area contributed by atoms with Crippen molar-refractivity contribution in [1.82, 2.24) is 10.2 Å². The number of carbonyl (C=O) groups excluding carboxylic acids is 3. The zero-order chi connectivity index (χ0) is 22.7. The van der Waals surface area contributed by atoms with Crippen molar-refractivity contribution in [2.24, 2.45) is 0 Å². The maximum atomic E-state index is 12.8. The van der Waals surface area contributed by atoms with Crippen molar-refractivity contribution in [1.29, 1.82) is 0 Å². The Morgan fingerprint density at radius 3 is 2.43 bits per heavy atom. The SMILES string of the molecule is CC(C)(C)OC(=O)N1C[C@H](NC(=O)CCC(=O)c2cccc(C(F)(F)F)c2)[C@@H](O)C1. The van der Waals surface area contributed by atoms with Crippen LogP contribution in [0.25, 0.3) is 0 Å². The van der Waals surface area contributed by atoms with Crippen molar-refractivity contribution in [3.05, 3.63) is 35.4 Å². The first-order valence-electron chi connectivity index (χ1n) is 9.42. The number of ether oxygens (including phenoxy) is 1. The van der Waals surface area contributed by atoms with Gasteiger partial charge in [-0.25, -0.2) is 4.79 Å². The second-order valence-corrected chi connectivity index (χ2v) is 8.13. The number of ketones is 1. The van der Waals surface area contributed by atoms with Gasteiger partial charge < -0.3 is 20.1 Å². The summed E-state index contributed by atoms with van der Waals surface area (Å²) in [5.41, 5.74) is -1.77. The summed E-state index contributed by atoms with van der Waals surface area (Å²) < 4.78 is 43.5. The van der Waals surface area contributed by atoms with Gasteiger partial charge in [0.15, 0.2) is 5.78 Å². The first-order chi connectivity index (χ1) is 13.8. The average molecular weight is 430 g/mol. The van der Waals surface area contributed by atoms with Crippen LogP contribution in [0.1, 0.15) is 49.5 Å². The maximum absolute atomic E-state index is 12.8. The molecule has 0 spiro atoms. The molecule has 2 rings (SSSR count). The summed E-state index contributed by atoms with van der Waals surface area (Å²) in [6.45, 7) is 5.15. The molecule has 1 aliphatic heterocycles. The number of halogens is 3. The van der Waals surface area contributed by atoms with E-state index in [1.165, 1.54) is 11.0 Å². The van der Waals surface area contributed by atoms with Crippen LogP contribution >= 0.6 is 0 Å². The van der Waals surface area contributed by atoms with E-state index in [9.17, 15) is 32.7 Å². The molecule has 166 valence electrons. The molecule has 2 N–H and O–H groups in total. The highest BCUT2D eigenvalue weighted by molar-refractivity contribution is 5.98. The highest BCUT2D eigenvalue weighted by Gasteiger charge is 2.37. The van der Waals surface area contributed by atoms with Gasteiger partial charge in [-0.05, 0) is 32.9 Å². The monoisotopic (exact) mass is 430 g/mol. The Morgan fingerprint density at radius 2 is 1.83 bits per heavy atom. The molecule has 7 nitrogen and oxygen atoms in total. The average Bonchev–Trinajstić information content (AvgIpc) is 2.98. The molecule has 1 fully saturated rings. The number of nitrogens with one attached hydrogen (secondary N) is 1. The number of nitrogens with zero attached hydrogens (tertiary/aromatic N) is 1. The Kier molecular flexibility index (Phi) is 7.12. The molecule has 2 atom stereocenters. The van der Waals surface area contributed by atoms with E-state index in [1.807, 2.05) is 0 Å². The second kappa shape index (κ2) is 9.03. The van der Waals surface area contributed by atoms with E-state index < -0.39 is 47.3 Å². The molecule has 30 heavy (non-hydrogen) atoms. The van der Waals surface area contributed by atoms with Crippen molar-refractivity contribution in [3.63, 3.8) is 0 Å². The molecule has 0 saturated carbocycles. The Bertz CT molecular complexity index is 804. The highest BCUT2D eigenvalue weighted by Crippen LogP contribution is 2.29. The van der Waals surface area contributed by atoms with Crippen LogP contribution in [0.2, 0.25) is 0 Å². The lowest BCUT2D eigenvalue weighted by atomic mass is 10.0. The van der Waals surface area contributed by atoms with Gasteiger partial charge in [-0.3, -0.25) is 9.59 Å². The number of hydrogen-bond acceptors (Lipinski definition) is 5. The fourth-order valence-electron chi connectivity index (χ4n) is 2.92. The van der Waals surface area contributed by atoms with E-state index in [0.717, 1.165) is 18.2 Å². The van der Waals surface area contributed by atoms with Crippen molar-refractivity contribution in [2.75, 3.05) is 13.1 Å².